The van der Waals surface area contributed by atoms with Gasteiger partial charge in [-0.05, 0) is 0 Å². The maximum atomic E-state index is 12.1. The fourth-order valence-electron chi connectivity index (χ4n) is 2.23. The Balaban J connectivity index is 1.88. The Morgan fingerprint density at radius 3 is 2.70 bits per heavy atom. The molecule has 8 nitrogen and oxygen atoms in total. The van der Waals surface area contributed by atoms with Crippen molar-refractivity contribution in [3.05, 3.63) is 51.4 Å². The Kier molecular flexibility index (Phi) is 4.27. The van der Waals surface area contributed by atoms with Crippen LogP contribution in [0.2, 0.25) is 0 Å². The van der Waals surface area contributed by atoms with Gasteiger partial charge in [-0.25, -0.2) is 4.79 Å². The summed E-state index contributed by atoms with van der Waals surface area (Å²) in [6.07, 6.45) is 1.37. The standard InChI is InChI=1S/C14H12N5O3.Y/c1-18-12-11(13(21)17-14(18)22)19(8-15-12)7-10(20)16-9-5-3-2-4-6-9;/h3-6,8H,7H2,1H3,(H,16,20)(H,17,21,22);. The number of nitrogens with one attached hydrogen (secondary N) is 2. The molecular formula is C14H12N5O3Y. The number of aromatic nitrogens is 4. The number of imidazole rings is 1. The van der Waals surface area contributed by atoms with Gasteiger partial charge in [-0.2, -0.15) is 0 Å². The van der Waals surface area contributed by atoms with Crippen molar-refractivity contribution in [2.45, 2.75) is 6.54 Å². The molecule has 0 atom stereocenters. The van der Waals surface area contributed by atoms with Crippen LogP contribution in [0.3, 0.4) is 0 Å². The molecule has 1 aromatic carbocycles. The average Bonchev–Trinajstić information content (AvgIpc) is 2.91. The quantitative estimate of drug-likeness (QED) is 0.617. The van der Waals surface area contributed by atoms with Crippen molar-refractivity contribution in [2.75, 3.05) is 5.32 Å². The van der Waals surface area contributed by atoms with Gasteiger partial charge in [-0.1, -0.05) is 0 Å². The SMILES string of the molecule is Cn1c(=O)[nH]c(=O)c2c1ncn2CC(=O)Nc1cc[c]([Y])cc1. The molecule has 2 heterocycles. The average molecular weight is 387 g/mol. The molecule has 0 radical (unpaired) electrons. The van der Waals surface area contributed by atoms with Crippen molar-refractivity contribution in [3.63, 3.8) is 0 Å². The summed E-state index contributed by atoms with van der Waals surface area (Å²) < 4.78 is 3.87. The molecule has 0 fully saturated rings. The van der Waals surface area contributed by atoms with E-state index in [-0.39, 0.29) is 23.6 Å². The van der Waals surface area contributed by atoms with Crippen LogP contribution in [0.15, 0.2) is 40.2 Å². The first-order valence-electron chi connectivity index (χ1n) is 6.75. The van der Waals surface area contributed by atoms with E-state index in [4.69, 9.17) is 0 Å². The number of carbonyl (C=O) groups excluding carboxylic acids is 1. The van der Waals surface area contributed by atoms with Gasteiger partial charge in [0.2, 0.25) is 0 Å². The Labute approximate surface area is 150 Å². The zero-order chi connectivity index (χ0) is 16.6. The molecule has 0 unspecified atom stereocenters. The first-order valence-corrected chi connectivity index (χ1v) is 8.17. The molecule has 114 valence electrons. The Hall–Kier alpha value is -2.06. The van der Waals surface area contributed by atoms with Crippen LogP contribution in [-0.2, 0) is 49.3 Å². The molecule has 0 aliphatic carbocycles. The number of rotatable bonds is 3. The molecule has 23 heavy (non-hydrogen) atoms. The summed E-state index contributed by atoms with van der Waals surface area (Å²) in [5.74, 6) is -0.280. The van der Waals surface area contributed by atoms with Gasteiger partial charge in [0.15, 0.2) is 0 Å². The summed E-state index contributed by atoms with van der Waals surface area (Å²) >= 11 is 1.02. The molecule has 2 N–H and O–H groups in total. The van der Waals surface area contributed by atoms with E-state index in [9.17, 15) is 14.4 Å². The number of benzene rings is 1. The van der Waals surface area contributed by atoms with Gasteiger partial charge in [-0.3, -0.25) is 0 Å². The van der Waals surface area contributed by atoms with Crippen molar-refractivity contribution in [1.82, 2.24) is 19.1 Å². The molecule has 3 aromatic rings. The van der Waals surface area contributed by atoms with Gasteiger partial charge in [0.25, 0.3) is 0 Å². The van der Waals surface area contributed by atoms with Gasteiger partial charge < -0.3 is 0 Å². The normalized spacial score (nSPS) is 10.8. The van der Waals surface area contributed by atoms with E-state index in [0.717, 1.165) is 31.0 Å². The maximum absolute atomic E-state index is 12.1. The summed E-state index contributed by atoms with van der Waals surface area (Å²) in [6, 6.07) is 7.57. The number of hydrogen-bond acceptors (Lipinski definition) is 4. The number of aromatic amines is 1. The summed E-state index contributed by atoms with van der Waals surface area (Å²) in [6.45, 7) is -0.0696. The van der Waals surface area contributed by atoms with Crippen LogP contribution in [0.25, 0.3) is 11.2 Å². The third-order valence-electron chi connectivity index (χ3n) is 3.38. The van der Waals surface area contributed by atoms with Crippen molar-refractivity contribution in [1.29, 1.82) is 0 Å². The number of H-pyrrole nitrogens is 1. The third-order valence-corrected chi connectivity index (χ3v) is 4.33. The van der Waals surface area contributed by atoms with Crippen molar-refractivity contribution in [2.24, 2.45) is 7.05 Å². The summed E-state index contributed by atoms with van der Waals surface area (Å²) in [5, 5.41) is 2.76. The van der Waals surface area contributed by atoms with Crippen LogP contribution in [0, 0.1) is 0 Å². The number of anilines is 1. The predicted octanol–water partition coefficient (Wildman–Crippen LogP) is -0.766. The van der Waals surface area contributed by atoms with E-state index in [1.807, 2.05) is 24.3 Å². The molecule has 0 saturated carbocycles. The van der Waals surface area contributed by atoms with Crippen LogP contribution >= 0.6 is 0 Å². The van der Waals surface area contributed by atoms with Gasteiger partial charge in [-0.15, -0.1) is 0 Å². The zero-order valence-electron chi connectivity index (χ0n) is 12.2. The summed E-state index contributed by atoms with van der Waals surface area (Å²) in [5.41, 5.74) is 0.0238. The van der Waals surface area contributed by atoms with Crippen LogP contribution < -0.4 is 18.9 Å². The van der Waals surface area contributed by atoms with E-state index in [1.54, 1.807) is 0 Å². The first kappa shape index (κ1) is 15.8. The Bertz CT molecular complexity index is 1000. The number of carbonyl (C=O) groups is 1. The molecule has 0 aliphatic rings. The second-order valence-corrected chi connectivity index (χ2v) is 6.67. The monoisotopic (exact) mass is 387 g/mol. The Morgan fingerprint density at radius 2 is 2.00 bits per heavy atom. The molecule has 2 aromatic heterocycles. The molecular weight excluding hydrogens is 375 g/mol. The number of aryl methyl sites for hydroxylation is 1. The molecule has 1 amide bonds. The van der Waals surface area contributed by atoms with E-state index in [2.05, 4.69) is 15.3 Å². The number of nitrogens with zero attached hydrogens (tertiary/aromatic N) is 3. The number of hydrogen-bond donors (Lipinski definition) is 2. The van der Waals surface area contributed by atoms with E-state index >= 15 is 0 Å². The van der Waals surface area contributed by atoms with Gasteiger partial charge in [0.05, 0.1) is 0 Å². The third kappa shape index (κ3) is 3.18. The molecule has 3 rings (SSSR count). The summed E-state index contributed by atoms with van der Waals surface area (Å²) in [4.78, 5) is 41.9. The van der Waals surface area contributed by atoms with Gasteiger partial charge in [0.1, 0.15) is 0 Å². The number of fused-ring (bicyclic) bond motifs is 1. The first-order chi connectivity index (χ1) is 11.0. The van der Waals surface area contributed by atoms with E-state index in [1.165, 1.54) is 24.9 Å². The fraction of sp³-hybridized carbons (Fsp3) is 0.143. The van der Waals surface area contributed by atoms with Gasteiger partial charge >= 0.3 is 146 Å². The van der Waals surface area contributed by atoms with Crippen molar-refractivity contribution in [3.8, 4) is 0 Å². The second-order valence-electron chi connectivity index (χ2n) is 5.03. The van der Waals surface area contributed by atoms with Crippen LogP contribution in [0.5, 0.6) is 0 Å². The summed E-state index contributed by atoms with van der Waals surface area (Å²) in [7, 11) is 1.51. The van der Waals surface area contributed by atoms with Crippen molar-refractivity contribution < 1.29 is 35.7 Å². The van der Waals surface area contributed by atoms with Gasteiger partial charge in [0, 0.05) is 0 Å². The molecule has 0 bridgehead atoms. The van der Waals surface area contributed by atoms with E-state index in [0.29, 0.717) is 5.69 Å². The minimum absolute atomic E-state index is 0.0696. The van der Waals surface area contributed by atoms with Crippen LogP contribution in [0.4, 0.5) is 5.69 Å². The Morgan fingerprint density at radius 1 is 1.30 bits per heavy atom. The van der Waals surface area contributed by atoms with Crippen molar-refractivity contribution >= 4 is 25.1 Å². The zero-order valence-corrected chi connectivity index (χ0v) is 15.1. The molecule has 0 spiro atoms. The molecule has 9 heteroatoms. The molecule has 0 aliphatic heterocycles. The fourth-order valence-corrected chi connectivity index (χ4v) is 2.70. The molecule has 0 saturated heterocycles. The second kappa shape index (κ2) is 6.21. The topological polar surface area (TPSA) is 102 Å². The predicted molar refractivity (Wildman–Crippen MR) is 80.3 cm³/mol. The van der Waals surface area contributed by atoms with Crippen LogP contribution in [-0.4, -0.2) is 25.0 Å². The minimum atomic E-state index is -0.562. The van der Waals surface area contributed by atoms with Crippen LogP contribution in [0.1, 0.15) is 0 Å². The van der Waals surface area contributed by atoms with E-state index < -0.39 is 11.2 Å². The number of amides is 1.